The van der Waals surface area contributed by atoms with E-state index in [-0.39, 0.29) is 0 Å². The second-order valence-electron chi connectivity index (χ2n) is 4.49. The molecule has 0 aromatic heterocycles. The third kappa shape index (κ3) is 2.27. The third-order valence-electron chi connectivity index (χ3n) is 2.40. The number of hydrogen-bond acceptors (Lipinski definition) is 0. The summed E-state index contributed by atoms with van der Waals surface area (Å²) in [6, 6.07) is 0. The van der Waals surface area contributed by atoms with E-state index in [9.17, 15) is 39.5 Å². The van der Waals surface area contributed by atoms with Gasteiger partial charge in [-0.2, -0.15) is 39.5 Å². The minimum atomic E-state index is -6.42. The highest BCUT2D eigenvalue weighted by Crippen LogP contribution is 2.69. The fourth-order valence-electron chi connectivity index (χ4n) is 1.76. The summed E-state index contributed by atoms with van der Waals surface area (Å²) < 4.78 is 112. The highest BCUT2D eigenvalue weighted by atomic mass is 28.3. The molecular formula is C7H9F9Si. The largest absolute Gasteiger partial charge is 0.409 e. The molecule has 0 heterocycles. The summed E-state index contributed by atoms with van der Waals surface area (Å²) in [5.74, 6) is 0. The summed E-state index contributed by atoms with van der Waals surface area (Å²) in [5.41, 5.74) is 0. The molecule has 0 nitrogen and oxygen atoms in total. The Hall–Kier alpha value is -0.413. The quantitative estimate of drug-likeness (QED) is 0.483. The lowest BCUT2D eigenvalue weighted by Crippen LogP contribution is -2.65. The molecule has 0 aliphatic carbocycles. The molecule has 10 heteroatoms. The van der Waals surface area contributed by atoms with E-state index in [2.05, 4.69) is 0 Å². The van der Waals surface area contributed by atoms with Gasteiger partial charge in [-0.3, -0.25) is 0 Å². The Bertz CT molecular complexity index is 214. The molecule has 104 valence electrons. The summed E-state index contributed by atoms with van der Waals surface area (Å²) in [5, 5.41) is -5.61. The zero-order chi connectivity index (χ0) is 14.5. The first-order valence-electron chi connectivity index (χ1n) is 4.20. The van der Waals surface area contributed by atoms with Crippen molar-refractivity contribution in [1.29, 1.82) is 0 Å². The van der Waals surface area contributed by atoms with Gasteiger partial charge in [-0.1, -0.05) is 19.6 Å². The first-order valence-corrected chi connectivity index (χ1v) is 7.70. The zero-order valence-corrected chi connectivity index (χ0v) is 9.90. The Morgan fingerprint density at radius 3 is 0.706 bits per heavy atom. The smallest absolute Gasteiger partial charge is 0.170 e. The van der Waals surface area contributed by atoms with Gasteiger partial charge in [0.05, 0.1) is 8.07 Å². The Morgan fingerprint density at radius 2 is 0.706 bits per heavy atom. The molecule has 0 amide bonds. The lowest BCUT2D eigenvalue weighted by atomic mass is 10.1. The Kier molecular flexibility index (Phi) is 3.70. The van der Waals surface area contributed by atoms with E-state index in [1.807, 2.05) is 0 Å². The lowest BCUT2D eigenvalue weighted by molar-refractivity contribution is -0.357. The van der Waals surface area contributed by atoms with E-state index in [0.29, 0.717) is 19.6 Å². The van der Waals surface area contributed by atoms with Crippen LogP contribution in [-0.4, -0.2) is 26.6 Å². The Morgan fingerprint density at radius 1 is 0.529 bits per heavy atom. The van der Waals surface area contributed by atoms with Crippen molar-refractivity contribution in [2.75, 3.05) is 0 Å². The molecule has 0 aromatic rings. The molecule has 0 aliphatic rings. The second kappa shape index (κ2) is 3.79. The molecule has 0 saturated carbocycles. The molecule has 0 aliphatic heterocycles. The van der Waals surface area contributed by atoms with Gasteiger partial charge in [0.15, 0.2) is 0 Å². The van der Waals surface area contributed by atoms with E-state index in [4.69, 9.17) is 0 Å². The maximum Gasteiger partial charge on any atom is 0.409 e. The summed E-state index contributed by atoms with van der Waals surface area (Å²) in [7, 11) is -4.72. The number of hydrogen-bond donors (Lipinski definition) is 0. The van der Waals surface area contributed by atoms with Gasteiger partial charge in [0.25, 0.3) is 0 Å². The van der Waals surface area contributed by atoms with E-state index >= 15 is 0 Å². The summed E-state index contributed by atoms with van der Waals surface area (Å²) in [6.45, 7) is 1.17. The molecule has 0 radical (unpaired) electrons. The molecule has 0 fully saturated rings. The van der Waals surface area contributed by atoms with Gasteiger partial charge in [0.2, 0.25) is 5.04 Å². The summed E-state index contributed by atoms with van der Waals surface area (Å²) in [4.78, 5) is 0. The van der Waals surface area contributed by atoms with Gasteiger partial charge in [0, 0.05) is 0 Å². The van der Waals surface area contributed by atoms with Crippen LogP contribution in [0, 0.1) is 0 Å². The van der Waals surface area contributed by atoms with Crippen molar-refractivity contribution in [2.24, 2.45) is 0 Å². The van der Waals surface area contributed by atoms with Gasteiger partial charge in [-0.05, 0) is 0 Å². The van der Waals surface area contributed by atoms with E-state index in [0.717, 1.165) is 0 Å². The van der Waals surface area contributed by atoms with Crippen molar-refractivity contribution in [1.82, 2.24) is 0 Å². The average molecular weight is 292 g/mol. The molecule has 0 rings (SSSR count). The van der Waals surface area contributed by atoms with Crippen molar-refractivity contribution >= 4 is 8.07 Å². The SMILES string of the molecule is C[Si](C)(C)C(C(F)(F)F)(C(F)(F)F)C(F)(F)F. The highest BCUT2D eigenvalue weighted by molar-refractivity contribution is 6.80. The predicted octanol–water partition coefficient (Wildman–Crippen LogP) is 4.75. The van der Waals surface area contributed by atoms with E-state index in [1.165, 1.54) is 0 Å². The zero-order valence-electron chi connectivity index (χ0n) is 8.90. The highest BCUT2D eigenvalue weighted by Gasteiger charge is 2.87. The van der Waals surface area contributed by atoms with Gasteiger partial charge >= 0.3 is 18.5 Å². The number of alkyl halides is 9. The van der Waals surface area contributed by atoms with Crippen LogP contribution in [0.4, 0.5) is 39.5 Å². The van der Waals surface area contributed by atoms with E-state index < -0.39 is 31.6 Å². The van der Waals surface area contributed by atoms with Crippen molar-refractivity contribution in [3.8, 4) is 0 Å². The Balaban J connectivity index is 6.37. The maximum atomic E-state index is 12.5. The maximum absolute atomic E-state index is 12.5. The van der Waals surface area contributed by atoms with E-state index in [1.54, 1.807) is 0 Å². The molecule has 0 N–H and O–H groups in total. The van der Waals surface area contributed by atoms with Gasteiger partial charge in [-0.25, -0.2) is 0 Å². The van der Waals surface area contributed by atoms with Crippen LogP contribution in [0.3, 0.4) is 0 Å². The number of rotatable bonds is 1. The Labute approximate surface area is 91.8 Å². The normalized spacial score (nSPS) is 16.2. The molecule has 0 bridgehead atoms. The first-order chi connectivity index (χ1) is 7.00. The minimum absolute atomic E-state index is 0.390. The van der Waals surface area contributed by atoms with Gasteiger partial charge in [0.1, 0.15) is 0 Å². The fraction of sp³-hybridized carbons (Fsp3) is 1.00. The molecule has 0 atom stereocenters. The summed E-state index contributed by atoms with van der Waals surface area (Å²) in [6.07, 6.45) is -19.3. The van der Waals surface area contributed by atoms with Crippen LogP contribution in [0.25, 0.3) is 0 Å². The van der Waals surface area contributed by atoms with Crippen molar-refractivity contribution in [2.45, 2.75) is 43.2 Å². The van der Waals surface area contributed by atoms with Crippen molar-refractivity contribution in [3.05, 3.63) is 0 Å². The van der Waals surface area contributed by atoms with Gasteiger partial charge in [-0.15, -0.1) is 0 Å². The molecule has 17 heavy (non-hydrogen) atoms. The average Bonchev–Trinajstić information content (AvgIpc) is 1.67. The van der Waals surface area contributed by atoms with Crippen LogP contribution in [-0.2, 0) is 0 Å². The van der Waals surface area contributed by atoms with Crippen LogP contribution in [0.1, 0.15) is 0 Å². The van der Waals surface area contributed by atoms with Gasteiger partial charge < -0.3 is 0 Å². The van der Waals surface area contributed by atoms with Crippen LogP contribution in [0.15, 0.2) is 0 Å². The fourth-order valence-corrected chi connectivity index (χ4v) is 4.31. The molecule has 0 unspecified atom stereocenters. The summed E-state index contributed by atoms with van der Waals surface area (Å²) >= 11 is 0. The van der Waals surface area contributed by atoms with Crippen LogP contribution < -0.4 is 0 Å². The van der Waals surface area contributed by atoms with Crippen molar-refractivity contribution < 1.29 is 39.5 Å². The van der Waals surface area contributed by atoms with Crippen molar-refractivity contribution in [3.63, 3.8) is 0 Å². The second-order valence-corrected chi connectivity index (χ2v) is 9.74. The topological polar surface area (TPSA) is 0 Å². The standard InChI is InChI=1S/C7H9F9Si/c1-17(2,3)4(5(8,9)10,6(11,12)13)7(14,15)16/h1-3H3. The lowest BCUT2D eigenvalue weighted by Gasteiger charge is -2.46. The molecule has 0 spiro atoms. The molecule has 0 saturated heterocycles. The predicted molar refractivity (Wildman–Crippen MR) is 44.2 cm³/mol. The molecule has 0 aromatic carbocycles. The minimum Gasteiger partial charge on any atom is -0.170 e. The monoisotopic (exact) mass is 292 g/mol. The first kappa shape index (κ1) is 16.6. The van der Waals surface area contributed by atoms with Crippen LogP contribution >= 0.6 is 0 Å². The van der Waals surface area contributed by atoms with Crippen LogP contribution in [0.2, 0.25) is 24.7 Å². The van der Waals surface area contributed by atoms with Crippen LogP contribution in [0.5, 0.6) is 0 Å². The number of halogens is 9. The molecular weight excluding hydrogens is 283 g/mol. The third-order valence-corrected chi connectivity index (χ3v) is 5.50.